The first kappa shape index (κ1) is 30.1. The van der Waals surface area contributed by atoms with Gasteiger partial charge in [-0.25, -0.2) is 8.42 Å². The summed E-state index contributed by atoms with van der Waals surface area (Å²) in [5, 5.41) is 23.5. The molecule has 3 aromatic carbocycles. The Morgan fingerprint density at radius 3 is 2.27 bits per heavy atom. The van der Waals surface area contributed by atoms with Crippen LogP contribution in [0.25, 0.3) is 11.1 Å². The van der Waals surface area contributed by atoms with Gasteiger partial charge in [0.15, 0.2) is 0 Å². The summed E-state index contributed by atoms with van der Waals surface area (Å²) < 4.78 is 66.3. The maximum absolute atomic E-state index is 13.6. The first-order valence-electron chi connectivity index (χ1n) is 13.1. The van der Waals surface area contributed by atoms with Crippen molar-refractivity contribution in [3.63, 3.8) is 0 Å². The molecule has 1 amide bonds. The monoisotopic (exact) mass is 585 g/mol. The lowest BCUT2D eigenvalue weighted by Crippen LogP contribution is -2.51. The van der Waals surface area contributed by atoms with Crippen molar-refractivity contribution in [2.75, 3.05) is 16.3 Å². The second kappa shape index (κ2) is 11.9. The summed E-state index contributed by atoms with van der Waals surface area (Å²) in [7, 11) is -3.48. The predicted molar refractivity (Wildman–Crippen MR) is 150 cm³/mol. The van der Waals surface area contributed by atoms with E-state index in [1.165, 1.54) is 12.1 Å². The average molecular weight is 586 g/mol. The Labute approximate surface area is 237 Å². The van der Waals surface area contributed by atoms with Gasteiger partial charge in [0.2, 0.25) is 10.0 Å². The molecule has 3 N–H and O–H groups in total. The molecule has 0 heterocycles. The van der Waals surface area contributed by atoms with E-state index in [4.69, 9.17) is 5.26 Å². The second-order valence-electron chi connectivity index (χ2n) is 10.4. The van der Waals surface area contributed by atoms with Crippen molar-refractivity contribution in [2.45, 2.75) is 50.3 Å². The van der Waals surface area contributed by atoms with Crippen LogP contribution in [-0.4, -0.2) is 31.3 Å². The molecule has 0 saturated heterocycles. The number of alkyl halides is 3. The Balaban J connectivity index is 1.65. The number of hydrogen-bond donors (Lipinski definition) is 3. The summed E-state index contributed by atoms with van der Waals surface area (Å²) in [5.41, 5.74) is -1.36. The molecule has 0 spiro atoms. The number of rotatable bonds is 8. The molecule has 4 rings (SSSR count). The van der Waals surface area contributed by atoms with Gasteiger partial charge in [0.25, 0.3) is 5.91 Å². The van der Waals surface area contributed by atoms with Gasteiger partial charge < -0.3 is 10.4 Å². The van der Waals surface area contributed by atoms with Gasteiger partial charge in [-0.3, -0.25) is 9.52 Å². The predicted octanol–water partition coefficient (Wildman–Crippen LogP) is 6.11. The van der Waals surface area contributed by atoms with E-state index in [9.17, 15) is 31.5 Å². The smallest absolute Gasteiger partial charge is 0.379 e. The summed E-state index contributed by atoms with van der Waals surface area (Å²) >= 11 is 0. The van der Waals surface area contributed by atoms with Crippen molar-refractivity contribution < 1.29 is 31.5 Å². The highest BCUT2D eigenvalue weighted by Crippen LogP contribution is 2.38. The molecule has 1 aliphatic rings. The minimum absolute atomic E-state index is 0.0823. The number of benzene rings is 3. The van der Waals surface area contributed by atoms with Crippen molar-refractivity contribution in [1.29, 1.82) is 5.26 Å². The van der Waals surface area contributed by atoms with Crippen LogP contribution in [0.2, 0.25) is 0 Å². The lowest BCUT2D eigenvalue weighted by molar-refractivity contribution is -0.142. The lowest BCUT2D eigenvalue weighted by Gasteiger charge is -2.37. The van der Waals surface area contributed by atoms with Crippen LogP contribution in [0.15, 0.2) is 66.7 Å². The largest absolute Gasteiger partial charge is 0.417 e. The molecular formula is C30H30F3N3O4S. The fourth-order valence-electron chi connectivity index (χ4n) is 5.33. The molecule has 0 bridgehead atoms. The molecule has 0 aliphatic heterocycles. The fraction of sp³-hybridized carbons (Fsp3) is 0.333. The summed E-state index contributed by atoms with van der Waals surface area (Å²) in [6.07, 6.45) is -0.0502. The first-order valence-corrected chi connectivity index (χ1v) is 15.0. The number of nitriles is 1. The number of amides is 1. The number of nitrogens with one attached hydrogen (secondary N) is 2. The number of carbonyl (C=O) groups is 1. The van der Waals surface area contributed by atoms with Crippen LogP contribution in [0.1, 0.15) is 48.8 Å². The highest BCUT2D eigenvalue weighted by atomic mass is 32.2. The highest BCUT2D eigenvalue weighted by Gasteiger charge is 2.44. The Kier molecular flexibility index (Phi) is 8.75. The van der Waals surface area contributed by atoms with Crippen LogP contribution < -0.4 is 10.0 Å². The molecule has 11 heteroatoms. The van der Waals surface area contributed by atoms with E-state index in [0.29, 0.717) is 35.7 Å². The Bertz CT molecular complexity index is 1580. The zero-order valence-electron chi connectivity index (χ0n) is 22.3. The van der Waals surface area contributed by atoms with Crippen molar-refractivity contribution in [2.24, 2.45) is 5.92 Å². The van der Waals surface area contributed by atoms with Crippen LogP contribution in [0.3, 0.4) is 0 Å². The van der Waals surface area contributed by atoms with Crippen LogP contribution in [-0.2, 0) is 27.4 Å². The van der Waals surface area contributed by atoms with Crippen LogP contribution in [0.5, 0.6) is 0 Å². The SMILES string of the molecule is CS(=O)(=O)Nc1cccc(-c2cccc(CC(O)(C(=O)Nc3ccc(C#N)c(C(F)(F)F)c3)C3CCCCC3)c2)c1. The van der Waals surface area contributed by atoms with Crippen molar-refractivity contribution >= 4 is 27.3 Å². The summed E-state index contributed by atoms with van der Waals surface area (Å²) in [6.45, 7) is 0. The van der Waals surface area contributed by atoms with Gasteiger partial charge in [0.05, 0.1) is 23.5 Å². The molecule has 1 aliphatic carbocycles. The first-order chi connectivity index (χ1) is 19.3. The third-order valence-electron chi connectivity index (χ3n) is 7.28. The number of carbonyl (C=O) groups excluding carboxylic acids is 1. The molecule has 1 saturated carbocycles. The number of halogens is 3. The lowest BCUT2D eigenvalue weighted by atomic mass is 9.73. The molecule has 41 heavy (non-hydrogen) atoms. The number of aliphatic hydroxyl groups is 1. The maximum Gasteiger partial charge on any atom is 0.417 e. The average Bonchev–Trinajstić information content (AvgIpc) is 2.92. The molecule has 3 aromatic rings. The molecule has 1 fully saturated rings. The van der Waals surface area contributed by atoms with E-state index in [1.54, 1.807) is 42.5 Å². The van der Waals surface area contributed by atoms with E-state index >= 15 is 0 Å². The minimum Gasteiger partial charge on any atom is -0.379 e. The molecular weight excluding hydrogens is 555 g/mol. The van der Waals surface area contributed by atoms with Gasteiger partial charge >= 0.3 is 6.18 Å². The zero-order valence-corrected chi connectivity index (χ0v) is 23.1. The van der Waals surface area contributed by atoms with Gasteiger partial charge in [0.1, 0.15) is 5.60 Å². The minimum atomic E-state index is -4.79. The van der Waals surface area contributed by atoms with Crippen LogP contribution >= 0.6 is 0 Å². The normalized spacial score (nSPS) is 15.9. The van der Waals surface area contributed by atoms with E-state index < -0.39 is 44.8 Å². The van der Waals surface area contributed by atoms with Gasteiger partial charge in [-0.15, -0.1) is 0 Å². The number of nitrogens with zero attached hydrogens (tertiary/aromatic N) is 1. The highest BCUT2D eigenvalue weighted by molar-refractivity contribution is 7.92. The van der Waals surface area contributed by atoms with Crippen molar-refractivity contribution in [3.8, 4) is 17.2 Å². The summed E-state index contributed by atoms with van der Waals surface area (Å²) in [4.78, 5) is 13.6. The Morgan fingerprint density at radius 1 is 0.976 bits per heavy atom. The quantitative estimate of drug-likeness (QED) is 0.295. The van der Waals surface area contributed by atoms with Gasteiger partial charge in [-0.05, 0) is 65.8 Å². The van der Waals surface area contributed by atoms with Gasteiger partial charge in [-0.2, -0.15) is 18.4 Å². The van der Waals surface area contributed by atoms with Crippen molar-refractivity contribution in [3.05, 3.63) is 83.4 Å². The topological polar surface area (TPSA) is 119 Å². The van der Waals surface area contributed by atoms with E-state index in [0.717, 1.165) is 37.1 Å². The van der Waals surface area contributed by atoms with Crippen LogP contribution in [0.4, 0.5) is 24.5 Å². The second-order valence-corrected chi connectivity index (χ2v) is 12.2. The van der Waals surface area contributed by atoms with Crippen LogP contribution in [0, 0.1) is 17.2 Å². The van der Waals surface area contributed by atoms with Gasteiger partial charge in [-0.1, -0.05) is 55.7 Å². The van der Waals surface area contributed by atoms with E-state index in [-0.39, 0.29) is 12.1 Å². The molecule has 7 nitrogen and oxygen atoms in total. The molecule has 0 radical (unpaired) electrons. The Morgan fingerprint density at radius 2 is 1.63 bits per heavy atom. The molecule has 216 valence electrons. The zero-order chi connectivity index (χ0) is 29.8. The number of anilines is 2. The van der Waals surface area contributed by atoms with E-state index in [2.05, 4.69) is 10.0 Å². The molecule has 1 unspecified atom stereocenters. The molecule has 1 atom stereocenters. The third-order valence-corrected chi connectivity index (χ3v) is 7.88. The molecule has 0 aromatic heterocycles. The van der Waals surface area contributed by atoms with Crippen molar-refractivity contribution in [1.82, 2.24) is 0 Å². The maximum atomic E-state index is 13.6. The summed E-state index contributed by atoms with van der Waals surface area (Å²) in [5.74, 6) is -1.23. The number of sulfonamides is 1. The van der Waals surface area contributed by atoms with E-state index in [1.807, 2.05) is 6.07 Å². The summed E-state index contributed by atoms with van der Waals surface area (Å²) in [6, 6.07) is 18.4. The standard InChI is InChI=1S/C30H30F3N3O4S/c1-41(39,40)36-26-12-6-9-22(16-26)21-8-5-7-20(15-21)18-29(38,24-10-3-2-4-11-24)28(37)35-25-14-13-23(19-34)27(17-25)30(31,32)33/h5-9,12-17,24,36,38H,2-4,10-11,18H2,1H3,(H,35,37). The Hall–Kier alpha value is -3.88. The third kappa shape index (κ3) is 7.45. The fourth-order valence-corrected chi connectivity index (χ4v) is 5.89. The van der Waals surface area contributed by atoms with Gasteiger partial charge in [0, 0.05) is 17.8 Å². The number of hydrogen-bond acceptors (Lipinski definition) is 5.